The van der Waals surface area contributed by atoms with Gasteiger partial charge in [0.1, 0.15) is 5.00 Å². The van der Waals surface area contributed by atoms with Crippen LogP contribution < -0.4 is 11.5 Å². The van der Waals surface area contributed by atoms with Crippen molar-refractivity contribution >= 4 is 27.8 Å². The van der Waals surface area contributed by atoms with Gasteiger partial charge < -0.3 is 11.5 Å². The lowest BCUT2D eigenvalue weighted by Crippen LogP contribution is -1.87. The van der Waals surface area contributed by atoms with Gasteiger partial charge in [0.05, 0.1) is 10.6 Å². The molecule has 0 aliphatic heterocycles. The molecule has 4 N–H and O–H groups in total. The minimum Gasteiger partial charge on any atom is -0.396 e. The topological polar surface area (TPSA) is 69.1 Å². The standard InChI is InChI=1S/C6H8N2OS/c1-3(9)5-2-4(7)6(8)10-5/h2H,7-8H2,1H3. The molecule has 0 aromatic carbocycles. The molecule has 1 rings (SSSR count). The molecule has 3 nitrogen and oxygen atoms in total. The number of hydrogen-bond acceptors (Lipinski definition) is 4. The molecular formula is C6H8N2OS. The van der Waals surface area contributed by atoms with E-state index in [-0.39, 0.29) is 5.78 Å². The molecule has 0 unspecified atom stereocenters. The monoisotopic (exact) mass is 156 g/mol. The molecule has 0 spiro atoms. The summed E-state index contributed by atoms with van der Waals surface area (Å²) in [6.07, 6.45) is 0. The summed E-state index contributed by atoms with van der Waals surface area (Å²) in [7, 11) is 0. The van der Waals surface area contributed by atoms with E-state index in [0.29, 0.717) is 15.6 Å². The van der Waals surface area contributed by atoms with E-state index in [2.05, 4.69) is 0 Å². The second-order valence-corrected chi connectivity index (χ2v) is 3.07. The summed E-state index contributed by atoms with van der Waals surface area (Å²) in [5.41, 5.74) is 11.3. The predicted molar refractivity (Wildman–Crippen MR) is 43.1 cm³/mol. The largest absolute Gasteiger partial charge is 0.396 e. The summed E-state index contributed by atoms with van der Waals surface area (Å²) in [6.45, 7) is 1.49. The first-order chi connectivity index (χ1) is 4.61. The molecule has 10 heavy (non-hydrogen) atoms. The van der Waals surface area contributed by atoms with Gasteiger partial charge in [-0.1, -0.05) is 0 Å². The van der Waals surface area contributed by atoms with Crippen molar-refractivity contribution in [1.82, 2.24) is 0 Å². The van der Waals surface area contributed by atoms with Gasteiger partial charge in [-0.05, 0) is 13.0 Å². The van der Waals surface area contributed by atoms with E-state index in [1.54, 1.807) is 6.07 Å². The fraction of sp³-hybridized carbons (Fsp3) is 0.167. The van der Waals surface area contributed by atoms with E-state index in [1.165, 1.54) is 18.3 Å². The molecular weight excluding hydrogens is 148 g/mol. The summed E-state index contributed by atoms with van der Waals surface area (Å²) in [5, 5.41) is 0.519. The first-order valence-electron chi connectivity index (χ1n) is 2.77. The number of thiophene rings is 1. The number of Topliss-reactive ketones (excluding diaryl/α,β-unsaturated/α-hetero) is 1. The van der Waals surface area contributed by atoms with Crippen molar-refractivity contribution in [2.45, 2.75) is 6.92 Å². The van der Waals surface area contributed by atoms with Crippen LogP contribution in [0.25, 0.3) is 0 Å². The summed E-state index contributed by atoms with van der Waals surface area (Å²) in [6, 6.07) is 1.60. The quantitative estimate of drug-likeness (QED) is 0.598. The van der Waals surface area contributed by atoms with Crippen LogP contribution in [0.5, 0.6) is 0 Å². The highest BCUT2D eigenvalue weighted by Gasteiger charge is 2.05. The maximum Gasteiger partial charge on any atom is 0.169 e. The Morgan fingerprint density at radius 2 is 2.20 bits per heavy atom. The van der Waals surface area contributed by atoms with Crippen molar-refractivity contribution in [2.24, 2.45) is 0 Å². The highest BCUT2D eigenvalue weighted by Crippen LogP contribution is 2.26. The van der Waals surface area contributed by atoms with Gasteiger partial charge >= 0.3 is 0 Å². The molecule has 4 heteroatoms. The average molecular weight is 156 g/mol. The Labute approximate surface area is 62.6 Å². The number of rotatable bonds is 1. The molecule has 0 aliphatic carbocycles. The number of nitrogen functional groups attached to an aromatic ring is 2. The maximum atomic E-state index is 10.7. The Kier molecular flexibility index (Phi) is 1.63. The maximum absolute atomic E-state index is 10.7. The van der Waals surface area contributed by atoms with Crippen LogP contribution in [0, 0.1) is 0 Å². The average Bonchev–Trinajstić information content (AvgIpc) is 2.13. The van der Waals surface area contributed by atoms with E-state index in [9.17, 15) is 4.79 Å². The van der Waals surface area contributed by atoms with E-state index in [4.69, 9.17) is 11.5 Å². The molecule has 0 atom stereocenters. The molecule has 0 saturated heterocycles. The van der Waals surface area contributed by atoms with Crippen LogP contribution >= 0.6 is 11.3 Å². The number of ketones is 1. The van der Waals surface area contributed by atoms with E-state index in [1.807, 2.05) is 0 Å². The zero-order valence-electron chi connectivity index (χ0n) is 5.55. The number of nitrogens with two attached hydrogens (primary N) is 2. The third-order valence-electron chi connectivity index (χ3n) is 1.14. The van der Waals surface area contributed by atoms with Crippen LogP contribution in [0.15, 0.2) is 6.07 Å². The van der Waals surface area contributed by atoms with Crippen LogP contribution in [-0.4, -0.2) is 5.78 Å². The number of hydrogen-bond donors (Lipinski definition) is 2. The second-order valence-electron chi connectivity index (χ2n) is 1.99. The Morgan fingerprint density at radius 3 is 2.40 bits per heavy atom. The fourth-order valence-electron chi connectivity index (χ4n) is 0.593. The third kappa shape index (κ3) is 1.11. The Balaban J connectivity index is 3.10. The summed E-state index contributed by atoms with van der Waals surface area (Å²) < 4.78 is 0. The van der Waals surface area contributed by atoms with E-state index >= 15 is 0 Å². The Morgan fingerprint density at radius 1 is 1.60 bits per heavy atom. The lowest BCUT2D eigenvalue weighted by Gasteiger charge is -1.81. The van der Waals surface area contributed by atoms with Gasteiger partial charge in [-0.2, -0.15) is 0 Å². The SMILES string of the molecule is CC(=O)c1cc(N)c(N)s1. The Hall–Kier alpha value is -1.03. The summed E-state index contributed by atoms with van der Waals surface area (Å²) in [4.78, 5) is 11.3. The first-order valence-corrected chi connectivity index (χ1v) is 3.58. The van der Waals surface area contributed by atoms with Gasteiger partial charge in [0, 0.05) is 0 Å². The summed E-state index contributed by atoms with van der Waals surface area (Å²) in [5.74, 6) is 0.00778. The molecule has 1 aromatic rings. The predicted octanol–water partition coefficient (Wildman–Crippen LogP) is 1.12. The molecule has 0 aliphatic rings. The smallest absolute Gasteiger partial charge is 0.169 e. The van der Waals surface area contributed by atoms with Crippen molar-refractivity contribution in [2.75, 3.05) is 11.5 Å². The minimum absolute atomic E-state index is 0.00778. The van der Waals surface area contributed by atoms with Gasteiger partial charge in [0.2, 0.25) is 0 Å². The minimum atomic E-state index is 0.00778. The molecule has 1 aromatic heterocycles. The number of anilines is 2. The molecule has 0 fully saturated rings. The van der Waals surface area contributed by atoms with Crippen molar-refractivity contribution in [3.8, 4) is 0 Å². The highest BCUT2D eigenvalue weighted by molar-refractivity contribution is 7.18. The van der Waals surface area contributed by atoms with E-state index < -0.39 is 0 Å². The highest BCUT2D eigenvalue weighted by atomic mass is 32.1. The van der Waals surface area contributed by atoms with Crippen molar-refractivity contribution < 1.29 is 4.79 Å². The van der Waals surface area contributed by atoms with Gasteiger partial charge in [-0.25, -0.2) is 0 Å². The van der Waals surface area contributed by atoms with Gasteiger partial charge in [-0.3, -0.25) is 4.79 Å². The molecule has 0 bridgehead atoms. The molecule has 1 heterocycles. The van der Waals surface area contributed by atoms with Crippen molar-refractivity contribution in [3.05, 3.63) is 10.9 Å². The van der Waals surface area contributed by atoms with Gasteiger partial charge in [-0.15, -0.1) is 11.3 Å². The van der Waals surface area contributed by atoms with Crippen LogP contribution in [0.2, 0.25) is 0 Å². The first kappa shape index (κ1) is 7.08. The normalized spacial score (nSPS) is 9.70. The van der Waals surface area contributed by atoms with Crippen LogP contribution in [0.3, 0.4) is 0 Å². The van der Waals surface area contributed by atoms with Crippen molar-refractivity contribution in [1.29, 1.82) is 0 Å². The third-order valence-corrected chi connectivity index (χ3v) is 2.22. The fourth-order valence-corrected chi connectivity index (χ4v) is 1.34. The van der Waals surface area contributed by atoms with Crippen molar-refractivity contribution in [3.63, 3.8) is 0 Å². The van der Waals surface area contributed by atoms with Crippen LogP contribution in [-0.2, 0) is 0 Å². The van der Waals surface area contributed by atoms with Gasteiger partial charge in [0.15, 0.2) is 5.78 Å². The lowest BCUT2D eigenvalue weighted by molar-refractivity contribution is 0.102. The summed E-state index contributed by atoms with van der Waals surface area (Å²) >= 11 is 1.23. The number of carbonyl (C=O) groups excluding carboxylic acids is 1. The zero-order chi connectivity index (χ0) is 7.72. The van der Waals surface area contributed by atoms with Crippen LogP contribution in [0.4, 0.5) is 10.7 Å². The zero-order valence-corrected chi connectivity index (χ0v) is 6.37. The number of carbonyl (C=O) groups is 1. The molecule has 54 valence electrons. The lowest BCUT2D eigenvalue weighted by atomic mass is 10.3. The van der Waals surface area contributed by atoms with Crippen LogP contribution in [0.1, 0.15) is 16.6 Å². The Bertz CT molecular complexity index is 247. The molecule has 0 radical (unpaired) electrons. The van der Waals surface area contributed by atoms with E-state index in [0.717, 1.165) is 0 Å². The molecule has 0 amide bonds. The second kappa shape index (κ2) is 2.30. The molecule has 0 saturated carbocycles. The van der Waals surface area contributed by atoms with Gasteiger partial charge in [0.25, 0.3) is 0 Å².